The van der Waals surface area contributed by atoms with Crippen molar-refractivity contribution < 1.29 is 29.1 Å². The van der Waals surface area contributed by atoms with Crippen molar-refractivity contribution in [2.75, 3.05) is 6.54 Å². The van der Waals surface area contributed by atoms with Crippen LogP contribution in [0.5, 0.6) is 0 Å². The molecule has 0 aliphatic carbocycles. The lowest BCUT2D eigenvalue weighted by Crippen LogP contribution is -2.55. The molecule has 3 unspecified atom stereocenters. The Morgan fingerprint density at radius 3 is 1.96 bits per heavy atom. The fraction of sp³-hybridized carbons (Fsp3) is 0.643. The van der Waals surface area contributed by atoms with E-state index in [1.165, 1.54) is 6.92 Å². The van der Waals surface area contributed by atoms with Crippen LogP contribution in [0.4, 0.5) is 0 Å². The molecule has 0 aromatic rings. The molecule has 11 heteroatoms. The number of nitrogens with one attached hydrogen (secondary N) is 3. The quantitative estimate of drug-likeness (QED) is 0.239. The van der Waals surface area contributed by atoms with Gasteiger partial charge in [0.05, 0.1) is 19.0 Å². The zero-order valence-electron chi connectivity index (χ0n) is 14.4. The van der Waals surface area contributed by atoms with Crippen molar-refractivity contribution in [2.24, 2.45) is 17.4 Å². The third kappa shape index (κ3) is 8.65. The van der Waals surface area contributed by atoms with Crippen LogP contribution in [0.25, 0.3) is 0 Å². The molecule has 0 aromatic heterocycles. The SMILES string of the molecule is CC(N)C(=O)NC(C(=O)NCC(=O)NC(CC(N)=O)C(=O)O)C(C)C. The highest BCUT2D eigenvalue weighted by atomic mass is 16.4. The summed E-state index contributed by atoms with van der Waals surface area (Å²) in [6, 6.07) is -3.20. The van der Waals surface area contributed by atoms with Gasteiger partial charge in [-0.2, -0.15) is 0 Å². The van der Waals surface area contributed by atoms with Gasteiger partial charge in [-0.1, -0.05) is 13.8 Å². The normalized spacial score (nSPS) is 14.1. The van der Waals surface area contributed by atoms with Gasteiger partial charge in [-0.15, -0.1) is 0 Å². The van der Waals surface area contributed by atoms with Crippen LogP contribution >= 0.6 is 0 Å². The summed E-state index contributed by atoms with van der Waals surface area (Å²) in [4.78, 5) is 57.1. The molecule has 25 heavy (non-hydrogen) atoms. The Morgan fingerprint density at radius 1 is 1.00 bits per heavy atom. The number of hydrogen-bond acceptors (Lipinski definition) is 6. The van der Waals surface area contributed by atoms with E-state index in [1.54, 1.807) is 13.8 Å². The van der Waals surface area contributed by atoms with Crippen LogP contribution in [-0.4, -0.2) is 59.4 Å². The number of rotatable bonds is 10. The van der Waals surface area contributed by atoms with Crippen LogP contribution in [0.1, 0.15) is 27.2 Å². The number of hydrogen-bond donors (Lipinski definition) is 6. The first-order valence-electron chi connectivity index (χ1n) is 7.59. The third-order valence-corrected chi connectivity index (χ3v) is 3.12. The number of nitrogens with two attached hydrogens (primary N) is 2. The molecular formula is C14H25N5O6. The second-order valence-corrected chi connectivity index (χ2v) is 5.87. The maximum atomic E-state index is 12.1. The smallest absolute Gasteiger partial charge is 0.326 e. The summed E-state index contributed by atoms with van der Waals surface area (Å²) in [5.74, 6) is -4.56. The highest BCUT2D eigenvalue weighted by molar-refractivity contribution is 5.93. The largest absolute Gasteiger partial charge is 0.480 e. The van der Waals surface area contributed by atoms with Crippen LogP contribution in [0.3, 0.4) is 0 Å². The van der Waals surface area contributed by atoms with E-state index in [2.05, 4.69) is 16.0 Å². The van der Waals surface area contributed by atoms with Gasteiger partial charge in [-0.05, 0) is 12.8 Å². The molecule has 0 bridgehead atoms. The zero-order valence-corrected chi connectivity index (χ0v) is 14.4. The minimum absolute atomic E-state index is 0.271. The van der Waals surface area contributed by atoms with Crippen molar-refractivity contribution in [3.05, 3.63) is 0 Å². The molecule has 0 aromatic carbocycles. The minimum Gasteiger partial charge on any atom is -0.480 e. The Balaban J connectivity index is 4.67. The molecule has 11 nitrogen and oxygen atoms in total. The molecule has 4 amide bonds. The molecule has 0 radical (unpaired) electrons. The van der Waals surface area contributed by atoms with Crippen LogP contribution in [0.15, 0.2) is 0 Å². The van der Waals surface area contributed by atoms with Gasteiger partial charge in [0.2, 0.25) is 23.6 Å². The van der Waals surface area contributed by atoms with Crippen LogP contribution < -0.4 is 27.4 Å². The van der Waals surface area contributed by atoms with Crippen LogP contribution in [-0.2, 0) is 24.0 Å². The van der Waals surface area contributed by atoms with Gasteiger partial charge in [0, 0.05) is 0 Å². The van der Waals surface area contributed by atoms with Gasteiger partial charge >= 0.3 is 5.97 Å². The summed E-state index contributed by atoms with van der Waals surface area (Å²) in [5.41, 5.74) is 10.3. The molecule has 0 saturated heterocycles. The first kappa shape index (κ1) is 22.3. The monoisotopic (exact) mass is 359 g/mol. The Labute approximate surface area is 144 Å². The van der Waals surface area contributed by atoms with Crippen molar-refractivity contribution in [2.45, 2.75) is 45.3 Å². The number of carbonyl (C=O) groups is 5. The van der Waals surface area contributed by atoms with Crippen molar-refractivity contribution in [3.8, 4) is 0 Å². The number of primary amides is 1. The molecule has 0 aliphatic heterocycles. The van der Waals surface area contributed by atoms with E-state index in [-0.39, 0.29) is 5.92 Å². The van der Waals surface area contributed by atoms with Gasteiger partial charge in [-0.3, -0.25) is 19.2 Å². The zero-order chi connectivity index (χ0) is 19.7. The number of carbonyl (C=O) groups excluding carboxylic acids is 4. The summed E-state index contributed by atoms with van der Waals surface area (Å²) >= 11 is 0. The lowest BCUT2D eigenvalue weighted by Gasteiger charge is -2.22. The van der Waals surface area contributed by atoms with Gasteiger partial charge in [-0.25, -0.2) is 4.79 Å². The lowest BCUT2D eigenvalue weighted by molar-refractivity contribution is -0.143. The number of carboxylic acids is 1. The van der Waals surface area contributed by atoms with Crippen molar-refractivity contribution in [1.82, 2.24) is 16.0 Å². The van der Waals surface area contributed by atoms with E-state index in [0.717, 1.165) is 0 Å². The maximum absolute atomic E-state index is 12.1. The number of aliphatic carboxylic acids is 1. The molecule has 142 valence electrons. The molecular weight excluding hydrogens is 334 g/mol. The molecule has 0 spiro atoms. The summed E-state index contributed by atoms with van der Waals surface area (Å²) in [5, 5.41) is 15.7. The second-order valence-electron chi connectivity index (χ2n) is 5.87. The van der Waals surface area contributed by atoms with E-state index in [9.17, 15) is 24.0 Å². The standard InChI is InChI=1S/C14H25N5O6/c1-6(2)11(19-12(22)7(3)15)13(23)17-5-10(21)18-8(14(24)25)4-9(16)20/h6-8,11H,4-5,15H2,1-3H3,(H2,16,20)(H,17,23)(H,18,21)(H,19,22)(H,24,25). The van der Waals surface area contributed by atoms with Gasteiger partial charge < -0.3 is 32.5 Å². The van der Waals surface area contributed by atoms with E-state index < -0.39 is 60.7 Å². The van der Waals surface area contributed by atoms with Crippen molar-refractivity contribution in [3.63, 3.8) is 0 Å². The van der Waals surface area contributed by atoms with Crippen LogP contribution in [0.2, 0.25) is 0 Å². The Bertz CT molecular complexity index is 534. The fourth-order valence-corrected chi connectivity index (χ4v) is 1.74. The van der Waals surface area contributed by atoms with Gasteiger partial charge in [0.15, 0.2) is 0 Å². The number of amides is 4. The predicted molar refractivity (Wildman–Crippen MR) is 86.8 cm³/mol. The lowest BCUT2D eigenvalue weighted by atomic mass is 10.0. The van der Waals surface area contributed by atoms with Gasteiger partial charge in [0.1, 0.15) is 12.1 Å². The van der Waals surface area contributed by atoms with Crippen molar-refractivity contribution in [1.29, 1.82) is 0 Å². The average molecular weight is 359 g/mol. The molecule has 0 heterocycles. The highest BCUT2D eigenvalue weighted by Crippen LogP contribution is 2.02. The summed E-state index contributed by atoms with van der Waals surface area (Å²) in [6.07, 6.45) is -0.575. The molecule has 0 fully saturated rings. The van der Waals surface area contributed by atoms with E-state index in [1.807, 2.05) is 0 Å². The molecule has 3 atom stereocenters. The summed E-state index contributed by atoms with van der Waals surface area (Å²) in [7, 11) is 0. The Hall–Kier alpha value is -2.69. The highest BCUT2D eigenvalue weighted by Gasteiger charge is 2.26. The van der Waals surface area contributed by atoms with Crippen LogP contribution in [0, 0.1) is 5.92 Å². The fourth-order valence-electron chi connectivity index (χ4n) is 1.74. The maximum Gasteiger partial charge on any atom is 0.326 e. The van der Waals surface area contributed by atoms with E-state index in [0.29, 0.717) is 0 Å². The molecule has 8 N–H and O–H groups in total. The third-order valence-electron chi connectivity index (χ3n) is 3.12. The first-order chi connectivity index (χ1) is 11.5. The van der Waals surface area contributed by atoms with E-state index in [4.69, 9.17) is 16.6 Å². The molecule has 0 saturated carbocycles. The summed E-state index contributed by atoms with van der Waals surface area (Å²) in [6.45, 7) is 4.32. The van der Waals surface area contributed by atoms with E-state index >= 15 is 0 Å². The Kier molecular flexibility index (Phi) is 9.13. The van der Waals surface area contributed by atoms with Crippen molar-refractivity contribution >= 4 is 29.6 Å². The average Bonchev–Trinajstić information content (AvgIpc) is 2.48. The minimum atomic E-state index is -1.49. The number of carboxylic acid groups (broad SMARTS) is 1. The molecule has 0 rings (SSSR count). The second kappa shape index (κ2) is 10.2. The Morgan fingerprint density at radius 2 is 1.56 bits per heavy atom. The summed E-state index contributed by atoms with van der Waals surface area (Å²) < 4.78 is 0. The molecule has 0 aliphatic rings. The first-order valence-corrected chi connectivity index (χ1v) is 7.59. The van der Waals surface area contributed by atoms with Gasteiger partial charge in [0.25, 0.3) is 0 Å². The predicted octanol–water partition coefficient (Wildman–Crippen LogP) is -2.96. The topological polar surface area (TPSA) is 194 Å².